The fourth-order valence-electron chi connectivity index (χ4n) is 4.41. The third-order valence-electron chi connectivity index (χ3n) is 6.32. The molecule has 34 heavy (non-hydrogen) atoms. The van der Waals surface area contributed by atoms with Crippen LogP contribution in [0.2, 0.25) is 0 Å². The number of hydrogen-bond donors (Lipinski definition) is 3. The van der Waals surface area contributed by atoms with Crippen molar-refractivity contribution in [1.82, 2.24) is 15.2 Å². The highest BCUT2D eigenvalue weighted by Crippen LogP contribution is 2.22. The van der Waals surface area contributed by atoms with E-state index in [-0.39, 0.29) is 12.1 Å². The third kappa shape index (κ3) is 5.73. The average Bonchev–Trinajstić information content (AvgIpc) is 2.86. The molecule has 7 heteroatoms. The summed E-state index contributed by atoms with van der Waals surface area (Å²) in [6, 6.07) is 20.0. The van der Waals surface area contributed by atoms with Crippen molar-refractivity contribution in [3.8, 4) is 11.3 Å². The van der Waals surface area contributed by atoms with E-state index in [1.807, 2.05) is 24.3 Å². The highest BCUT2D eigenvalue weighted by atomic mass is 16.4. The smallest absolute Gasteiger partial charge is 0.325 e. The fourth-order valence-corrected chi connectivity index (χ4v) is 4.41. The Kier molecular flexibility index (Phi) is 7.77. The van der Waals surface area contributed by atoms with Gasteiger partial charge in [0.2, 0.25) is 0 Å². The number of carbonyl (C=O) groups is 1. The van der Waals surface area contributed by atoms with Crippen molar-refractivity contribution in [2.75, 3.05) is 37.6 Å². The molecule has 7 nitrogen and oxygen atoms in total. The molecular weight excluding hydrogens is 428 g/mol. The number of benzene rings is 2. The Morgan fingerprint density at radius 1 is 1.00 bits per heavy atom. The minimum atomic E-state index is -0.980. The predicted molar refractivity (Wildman–Crippen MR) is 135 cm³/mol. The first-order valence-electron chi connectivity index (χ1n) is 11.9. The Bertz CT molecular complexity index is 1140. The van der Waals surface area contributed by atoms with E-state index >= 15 is 0 Å². The molecule has 0 amide bonds. The third-order valence-corrected chi connectivity index (χ3v) is 6.32. The van der Waals surface area contributed by atoms with Gasteiger partial charge in [0.15, 0.2) is 0 Å². The number of anilines is 1. The molecule has 0 saturated carbocycles. The van der Waals surface area contributed by atoms with Crippen LogP contribution in [0.25, 0.3) is 11.3 Å². The number of carboxylic acids is 1. The van der Waals surface area contributed by atoms with E-state index < -0.39 is 12.0 Å². The Balaban J connectivity index is 1.40. The van der Waals surface area contributed by atoms with E-state index in [0.717, 1.165) is 44.0 Å². The maximum absolute atomic E-state index is 12.7. The van der Waals surface area contributed by atoms with Gasteiger partial charge in [-0.2, -0.15) is 0 Å². The highest BCUT2D eigenvalue weighted by molar-refractivity contribution is 5.75. The highest BCUT2D eigenvalue weighted by Gasteiger charge is 2.19. The number of nitrogens with zero attached hydrogens (tertiary/aromatic N) is 2. The van der Waals surface area contributed by atoms with E-state index in [1.165, 1.54) is 12.1 Å². The van der Waals surface area contributed by atoms with Crippen LogP contribution in [0.1, 0.15) is 30.5 Å². The molecule has 1 aromatic heterocycles. The molecule has 2 heterocycles. The molecule has 1 unspecified atom stereocenters. The monoisotopic (exact) mass is 460 g/mol. The average molecular weight is 461 g/mol. The second-order valence-corrected chi connectivity index (χ2v) is 8.66. The van der Waals surface area contributed by atoms with Crippen LogP contribution in [0.4, 0.5) is 5.69 Å². The molecule has 3 N–H and O–H groups in total. The molecule has 1 aliphatic rings. The number of rotatable bonds is 9. The van der Waals surface area contributed by atoms with Gasteiger partial charge in [0, 0.05) is 49.7 Å². The molecule has 0 spiro atoms. The summed E-state index contributed by atoms with van der Waals surface area (Å²) in [7, 11) is 0. The van der Waals surface area contributed by atoms with Gasteiger partial charge < -0.3 is 15.0 Å². The van der Waals surface area contributed by atoms with E-state index in [4.69, 9.17) is 0 Å². The van der Waals surface area contributed by atoms with Crippen LogP contribution in [-0.2, 0) is 11.3 Å². The lowest BCUT2D eigenvalue weighted by molar-refractivity contribution is -0.139. The number of aromatic nitrogens is 1. The van der Waals surface area contributed by atoms with Crippen LogP contribution >= 0.6 is 0 Å². The van der Waals surface area contributed by atoms with Gasteiger partial charge in [-0.1, -0.05) is 55.5 Å². The topological polar surface area (TPSA) is 88.7 Å². The fraction of sp³-hybridized carbons (Fsp3) is 0.333. The van der Waals surface area contributed by atoms with E-state index in [9.17, 15) is 14.7 Å². The molecule has 1 saturated heterocycles. The lowest BCUT2D eigenvalue weighted by atomic mass is 10.1. The Morgan fingerprint density at radius 3 is 2.32 bits per heavy atom. The van der Waals surface area contributed by atoms with Crippen molar-refractivity contribution in [1.29, 1.82) is 0 Å². The van der Waals surface area contributed by atoms with Gasteiger partial charge in [-0.3, -0.25) is 19.8 Å². The van der Waals surface area contributed by atoms with Gasteiger partial charge >= 0.3 is 5.97 Å². The minimum absolute atomic E-state index is 0.157. The number of aliphatic carboxylic acids is 1. The van der Waals surface area contributed by atoms with Crippen molar-refractivity contribution < 1.29 is 9.90 Å². The summed E-state index contributed by atoms with van der Waals surface area (Å²) in [6.45, 7) is 7.77. The molecule has 178 valence electrons. The second kappa shape index (κ2) is 11.1. The van der Waals surface area contributed by atoms with Crippen LogP contribution in [0.15, 0.2) is 71.5 Å². The van der Waals surface area contributed by atoms with Crippen LogP contribution in [-0.4, -0.2) is 53.7 Å². The zero-order valence-electron chi connectivity index (χ0n) is 19.5. The Morgan fingerprint density at radius 2 is 1.71 bits per heavy atom. The summed E-state index contributed by atoms with van der Waals surface area (Å²) in [5, 5.41) is 12.5. The number of pyridine rings is 1. The molecule has 0 bridgehead atoms. The number of hydrogen-bond acceptors (Lipinski definition) is 5. The molecule has 1 atom stereocenters. The molecule has 1 aliphatic heterocycles. The van der Waals surface area contributed by atoms with Gasteiger partial charge in [-0.05, 0) is 42.3 Å². The number of nitrogens with one attached hydrogen (secondary N) is 2. The molecule has 4 rings (SSSR count). The van der Waals surface area contributed by atoms with Crippen molar-refractivity contribution in [2.24, 2.45) is 0 Å². The molecule has 1 fully saturated rings. The lowest BCUT2D eigenvalue weighted by Gasteiger charge is -2.36. The van der Waals surface area contributed by atoms with Gasteiger partial charge in [0.25, 0.3) is 5.56 Å². The Hall–Kier alpha value is -3.42. The van der Waals surface area contributed by atoms with E-state index in [0.29, 0.717) is 11.1 Å². The normalized spacial score (nSPS) is 15.3. The molecule has 0 aliphatic carbocycles. The maximum atomic E-state index is 12.7. The number of aromatic amines is 1. The predicted octanol–water partition coefficient (Wildman–Crippen LogP) is 3.49. The second-order valence-electron chi connectivity index (χ2n) is 8.66. The lowest BCUT2D eigenvalue weighted by Crippen LogP contribution is -2.46. The summed E-state index contributed by atoms with van der Waals surface area (Å²) >= 11 is 0. The van der Waals surface area contributed by atoms with Gasteiger partial charge in [0.1, 0.15) is 6.04 Å². The number of piperazine rings is 1. The van der Waals surface area contributed by atoms with Crippen molar-refractivity contribution in [2.45, 2.75) is 25.9 Å². The first kappa shape index (κ1) is 23.7. The molecular formula is C27H32N4O3. The zero-order valence-corrected chi connectivity index (χ0v) is 19.5. The standard InChI is InChI=1S/C27H32N4O3/c1-2-14-30-15-17-31(18-16-30)23-11-8-20(9-12-23)24-13-10-22(26(32)29-24)19-28-25(27(33)34)21-6-4-3-5-7-21/h3-13,25,28H,2,14-19H2,1H3,(H,29,32)(H,33,34). The van der Waals surface area contributed by atoms with Crippen LogP contribution in [0.5, 0.6) is 0 Å². The van der Waals surface area contributed by atoms with Crippen LogP contribution in [0.3, 0.4) is 0 Å². The first-order valence-corrected chi connectivity index (χ1v) is 11.9. The zero-order chi connectivity index (χ0) is 23.9. The molecule has 0 radical (unpaired) electrons. The number of carboxylic acid groups (broad SMARTS) is 1. The minimum Gasteiger partial charge on any atom is -0.480 e. The van der Waals surface area contributed by atoms with Crippen LogP contribution in [0, 0.1) is 0 Å². The largest absolute Gasteiger partial charge is 0.480 e. The number of H-pyrrole nitrogens is 1. The Labute approximate surface area is 200 Å². The summed E-state index contributed by atoms with van der Waals surface area (Å²) in [4.78, 5) is 32.2. The SMILES string of the molecule is CCCN1CCN(c2ccc(-c3ccc(CNC(C(=O)O)c4ccccc4)c(=O)[nH]3)cc2)CC1. The summed E-state index contributed by atoms with van der Waals surface area (Å²) < 4.78 is 0. The molecule has 2 aromatic carbocycles. The van der Waals surface area contributed by atoms with E-state index in [2.05, 4.69) is 39.2 Å². The maximum Gasteiger partial charge on any atom is 0.325 e. The quantitative estimate of drug-likeness (QED) is 0.453. The molecule has 3 aromatic rings. The van der Waals surface area contributed by atoms with Crippen molar-refractivity contribution >= 4 is 11.7 Å². The first-order chi connectivity index (χ1) is 16.5. The van der Waals surface area contributed by atoms with Crippen molar-refractivity contribution in [3.63, 3.8) is 0 Å². The van der Waals surface area contributed by atoms with Crippen LogP contribution < -0.4 is 15.8 Å². The van der Waals surface area contributed by atoms with Crippen molar-refractivity contribution in [3.05, 3.63) is 88.2 Å². The summed E-state index contributed by atoms with van der Waals surface area (Å²) in [5.74, 6) is -0.980. The van der Waals surface area contributed by atoms with Gasteiger partial charge in [0.05, 0.1) is 0 Å². The summed E-state index contributed by atoms with van der Waals surface area (Å²) in [6.07, 6.45) is 1.19. The van der Waals surface area contributed by atoms with Gasteiger partial charge in [-0.15, -0.1) is 0 Å². The van der Waals surface area contributed by atoms with Gasteiger partial charge in [-0.25, -0.2) is 0 Å². The van der Waals surface area contributed by atoms with E-state index in [1.54, 1.807) is 30.3 Å². The summed E-state index contributed by atoms with van der Waals surface area (Å²) in [5.41, 5.74) is 3.80.